The lowest BCUT2D eigenvalue weighted by molar-refractivity contribution is 0.573. The van der Waals surface area contributed by atoms with Crippen molar-refractivity contribution in [1.82, 2.24) is 9.97 Å². The molecule has 0 radical (unpaired) electrons. The van der Waals surface area contributed by atoms with E-state index in [9.17, 15) is 0 Å². The molecule has 0 saturated carbocycles. The van der Waals surface area contributed by atoms with Gasteiger partial charge in [0.2, 0.25) is 0 Å². The molecule has 1 aromatic heterocycles. The van der Waals surface area contributed by atoms with E-state index >= 15 is 0 Å². The van der Waals surface area contributed by atoms with Crippen molar-refractivity contribution in [2.45, 2.75) is 13.8 Å². The quantitative estimate of drug-likeness (QED) is 0.874. The highest BCUT2D eigenvalue weighted by molar-refractivity contribution is 5.75. The Morgan fingerprint density at radius 3 is 2.67 bits per heavy atom. The predicted molar refractivity (Wildman–Crippen MR) is 75.6 cm³/mol. The van der Waals surface area contributed by atoms with Crippen LogP contribution >= 0.6 is 0 Å². The van der Waals surface area contributed by atoms with Crippen LogP contribution in [0.3, 0.4) is 0 Å². The van der Waals surface area contributed by atoms with Crippen molar-refractivity contribution in [3.63, 3.8) is 0 Å². The van der Waals surface area contributed by atoms with Gasteiger partial charge in [-0.25, -0.2) is 4.98 Å². The number of anilines is 1. The summed E-state index contributed by atoms with van der Waals surface area (Å²) in [6, 6.07) is 7.93. The lowest BCUT2D eigenvalue weighted by Gasteiger charge is -2.24. The van der Waals surface area contributed by atoms with E-state index in [1.54, 1.807) is 0 Å². The number of nitrogens with zero attached hydrogens (tertiary/aromatic N) is 3. The van der Waals surface area contributed by atoms with Crippen LogP contribution in [0.15, 0.2) is 30.5 Å². The van der Waals surface area contributed by atoms with E-state index in [0.717, 1.165) is 29.9 Å². The van der Waals surface area contributed by atoms with Gasteiger partial charge in [0.25, 0.3) is 0 Å². The topological polar surface area (TPSA) is 55.0 Å². The Hall–Kier alpha value is -1.68. The first-order valence-corrected chi connectivity index (χ1v) is 6.41. The third-order valence-electron chi connectivity index (χ3n) is 3.08. The van der Waals surface area contributed by atoms with E-state index in [0.29, 0.717) is 12.5 Å². The number of rotatable bonds is 5. The van der Waals surface area contributed by atoms with Gasteiger partial charge >= 0.3 is 0 Å². The minimum Gasteiger partial charge on any atom is -0.355 e. The lowest BCUT2D eigenvalue weighted by Crippen LogP contribution is -2.32. The zero-order chi connectivity index (χ0) is 13.0. The average molecular weight is 244 g/mol. The fourth-order valence-electron chi connectivity index (χ4n) is 1.94. The van der Waals surface area contributed by atoms with Crippen LogP contribution in [0.5, 0.6) is 0 Å². The van der Waals surface area contributed by atoms with Gasteiger partial charge in [-0.2, -0.15) is 0 Å². The first-order chi connectivity index (χ1) is 8.74. The highest BCUT2D eigenvalue weighted by Gasteiger charge is 2.10. The highest BCUT2D eigenvalue weighted by Crippen LogP contribution is 2.16. The molecule has 0 spiro atoms. The molecule has 1 aromatic carbocycles. The number of aromatic nitrogens is 2. The molecule has 1 heterocycles. The maximum Gasteiger partial charge on any atom is 0.147 e. The zero-order valence-electron chi connectivity index (χ0n) is 11.0. The second kappa shape index (κ2) is 5.78. The van der Waals surface area contributed by atoms with Crippen molar-refractivity contribution in [2.24, 2.45) is 11.7 Å². The molecule has 4 nitrogen and oxygen atoms in total. The Morgan fingerprint density at radius 1 is 1.28 bits per heavy atom. The van der Waals surface area contributed by atoms with E-state index in [4.69, 9.17) is 5.73 Å². The van der Waals surface area contributed by atoms with Crippen LogP contribution in [0.2, 0.25) is 0 Å². The molecule has 96 valence electrons. The SMILES string of the molecule is CCN(CC(C)CN)c1cnc2ccccc2n1. The maximum absolute atomic E-state index is 5.68. The van der Waals surface area contributed by atoms with E-state index in [1.807, 2.05) is 30.5 Å². The minimum atomic E-state index is 0.457. The van der Waals surface area contributed by atoms with Crippen LogP contribution in [0, 0.1) is 5.92 Å². The molecule has 0 aliphatic heterocycles. The lowest BCUT2D eigenvalue weighted by atomic mass is 10.1. The molecule has 0 fully saturated rings. The third-order valence-corrected chi connectivity index (χ3v) is 3.08. The Kier molecular flexibility index (Phi) is 4.10. The van der Waals surface area contributed by atoms with Crippen molar-refractivity contribution in [1.29, 1.82) is 0 Å². The molecule has 0 aliphatic carbocycles. The summed E-state index contributed by atoms with van der Waals surface area (Å²) in [6.45, 7) is 6.80. The van der Waals surface area contributed by atoms with Gasteiger partial charge in [0.15, 0.2) is 0 Å². The number of fused-ring (bicyclic) bond motifs is 1. The number of hydrogen-bond acceptors (Lipinski definition) is 4. The smallest absolute Gasteiger partial charge is 0.147 e. The first kappa shape index (κ1) is 12.8. The summed E-state index contributed by atoms with van der Waals surface area (Å²) in [6.07, 6.45) is 1.84. The molecule has 2 aromatic rings. The third kappa shape index (κ3) is 2.76. The van der Waals surface area contributed by atoms with Crippen molar-refractivity contribution in [3.05, 3.63) is 30.5 Å². The van der Waals surface area contributed by atoms with E-state index in [-0.39, 0.29) is 0 Å². The normalized spacial score (nSPS) is 12.6. The Labute approximate surface area is 108 Å². The van der Waals surface area contributed by atoms with E-state index in [2.05, 4.69) is 28.7 Å². The summed E-state index contributed by atoms with van der Waals surface area (Å²) < 4.78 is 0. The molecule has 4 heteroatoms. The largest absolute Gasteiger partial charge is 0.355 e. The number of hydrogen-bond donors (Lipinski definition) is 1. The van der Waals surface area contributed by atoms with Crippen LogP contribution in [0.1, 0.15) is 13.8 Å². The van der Waals surface area contributed by atoms with Crippen molar-refractivity contribution >= 4 is 16.9 Å². The Bertz CT molecular complexity index is 512. The van der Waals surface area contributed by atoms with Crippen molar-refractivity contribution in [2.75, 3.05) is 24.5 Å². The van der Waals surface area contributed by atoms with Crippen molar-refractivity contribution < 1.29 is 0 Å². The number of benzene rings is 1. The van der Waals surface area contributed by atoms with Crippen LogP contribution in [-0.4, -0.2) is 29.6 Å². The van der Waals surface area contributed by atoms with Gasteiger partial charge < -0.3 is 10.6 Å². The van der Waals surface area contributed by atoms with Gasteiger partial charge in [-0.3, -0.25) is 4.98 Å². The standard InChI is InChI=1S/C14H20N4/c1-3-18(10-11(2)8-15)14-9-16-12-6-4-5-7-13(12)17-14/h4-7,9,11H,3,8,10,15H2,1-2H3. The molecular formula is C14H20N4. The maximum atomic E-state index is 5.68. The van der Waals surface area contributed by atoms with Gasteiger partial charge in [0.1, 0.15) is 5.82 Å². The summed E-state index contributed by atoms with van der Waals surface area (Å²) in [5, 5.41) is 0. The minimum absolute atomic E-state index is 0.457. The predicted octanol–water partition coefficient (Wildman–Crippen LogP) is 2.05. The summed E-state index contributed by atoms with van der Waals surface area (Å²) >= 11 is 0. The molecular weight excluding hydrogens is 224 g/mol. The van der Waals surface area contributed by atoms with E-state index in [1.165, 1.54) is 0 Å². The summed E-state index contributed by atoms with van der Waals surface area (Å²) in [5.41, 5.74) is 7.55. The average Bonchev–Trinajstić information content (AvgIpc) is 2.44. The van der Waals surface area contributed by atoms with E-state index < -0.39 is 0 Å². The van der Waals surface area contributed by atoms with Crippen LogP contribution in [0.25, 0.3) is 11.0 Å². The molecule has 0 amide bonds. The monoisotopic (exact) mass is 244 g/mol. The number of nitrogens with two attached hydrogens (primary N) is 1. The zero-order valence-corrected chi connectivity index (χ0v) is 11.0. The number of para-hydroxylation sites is 2. The molecule has 0 saturated heterocycles. The summed E-state index contributed by atoms with van der Waals surface area (Å²) in [4.78, 5) is 11.3. The van der Waals surface area contributed by atoms with Crippen molar-refractivity contribution in [3.8, 4) is 0 Å². The molecule has 0 aliphatic rings. The molecule has 1 unspecified atom stereocenters. The summed E-state index contributed by atoms with van der Waals surface area (Å²) in [5.74, 6) is 1.38. The molecule has 18 heavy (non-hydrogen) atoms. The second-order valence-electron chi connectivity index (χ2n) is 4.60. The molecule has 2 rings (SSSR count). The molecule has 2 N–H and O–H groups in total. The van der Waals surface area contributed by atoms with Crippen LogP contribution in [-0.2, 0) is 0 Å². The van der Waals surface area contributed by atoms with Gasteiger partial charge in [-0.05, 0) is 31.5 Å². The Balaban J connectivity index is 2.27. The first-order valence-electron chi connectivity index (χ1n) is 6.41. The van der Waals surface area contributed by atoms with Gasteiger partial charge in [-0.15, -0.1) is 0 Å². The van der Waals surface area contributed by atoms with Gasteiger partial charge in [0, 0.05) is 13.1 Å². The Morgan fingerprint density at radius 2 is 2.00 bits per heavy atom. The van der Waals surface area contributed by atoms with Crippen LogP contribution < -0.4 is 10.6 Å². The second-order valence-corrected chi connectivity index (χ2v) is 4.60. The van der Waals surface area contributed by atoms with Crippen LogP contribution in [0.4, 0.5) is 5.82 Å². The molecule has 0 bridgehead atoms. The highest BCUT2D eigenvalue weighted by atomic mass is 15.2. The fourth-order valence-corrected chi connectivity index (χ4v) is 1.94. The van der Waals surface area contributed by atoms with Gasteiger partial charge in [-0.1, -0.05) is 19.1 Å². The molecule has 1 atom stereocenters. The fraction of sp³-hybridized carbons (Fsp3) is 0.429. The summed E-state index contributed by atoms with van der Waals surface area (Å²) in [7, 11) is 0. The van der Waals surface area contributed by atoms with Gasteiger partial charge in [0.05, 0.1) is 17.2 Å².